The van der Waals surface area contributed by atoms with Crippen molar-refractivity contribution in [3.05, 3.63) is 50.9 Å². The Morgan fingerprint density at radius 2 is 1.93 bits per heavy atom. The third kappa shape index (κ3) is 3.99. The summed E-state index contributed by atoms with van der Waals surface area (Å²) in [7, 11) is 0. The third-order valence-electron chi connectivity index (χ3n) is 5.93. The quantitative estimate of drug-likeness (QED) is 0.690. The van der Waals surface area contributed by atoms with Crippen LogP contribution in [0.15, 0.2) is 29.3 Å². The van der Waals surface area contributed by atoms with Gasteiger partial charge in [0.2, 0.25) is 5.91 Å². The second kappa shape index (κ2) is 8.11. The van der Waals surface area contributed by atoms with Crippen LogP contribution in [0, 0.1) is 20.8 Å². The minimum Gasteiger partial charge on any atom is -0.352 e. The first-order chi connectivity index (χ1) is 13.9. The summed E-state index contributed by atoms with van der Waals surface area (Å²) < 4.78 is 1.44. The molecule has 0 radical (unpaired) electrons. The van der Waals surface area contributed by atoms with E-state index in [0.29, 0.717) is 5.39 Å². The van der Waals surface area contributed by atoms with Crippen molar-refractivity contribution in [3.8, 4) is 11.1 Å². The smallest absolute Gasteiger partial charge is 0.263 e. The maximum Gasteiger partial charge on any atom is 0.263 e. The summed E-state index contributed by atoms with van der Waals surface area (Å²) in [4.78, 5) is 32.1. The number of nitrogens with zero attached hydrogens (tertiary/aromatic N) is 2. The molecule has 1 aliphatic rings. The molecule has 1 saturated carbocycles. The van der Waals surface area contributed by atoms with Crippen LogP contribution < -0.4 is 10.9 Å². The summed E-state index contributed by atoms with van der Waals surface area (Å²) in [6.07, 6.45) is 7.12. The summed E-state index contributed by atoms with van der Waals surface area (Å²) in [5.41, 5.74) is 4.23. The zero-order valence-corrected chi connectivity index (χ0v) is 18.1. The van der Waals surface area contributed by atoms with Gasteiger partial charge in [-0.15, -0.1) is 11.3 Å². The Balaban J connectivity index is 1.68. The zero-order chi connectivity index (χ0) is 20.5. The number of benzene rings is 1. The Labute approximate surface area is 174 Å². The second-order valence-electron chi connectivity index (χ2n) is 8.09. The fraction of sp³-hybridized carbons (Fsp3) is 0.435. The largest absolute Gasteiger partial charge is 0.352 e. The number of hydrogen-bond donors (Lipinski definition) is 1. The van der Waals surface area contributed by atoms with E-state index in [1.54, 1.807) is 0 Å². The molecule has 0 spiro atoms. The molecule has 1 fully saturated rings. The van der Waals surface area contributed by atoms with E-state index in [9.17, 15) is 9.59 Å². The maximum atomic E-state index is 13.3. The lowest BCUT2D eigenvalue weighted by Gasteiger charge is -2.22. The second-order valence-corrected chi connectivity index (χ2v) is 9.30. The van der Waals surface area contributed by atoms with Crippen molar-refractivity contribution in [2.45, 2.75) is 65.5 Å². The van der Waals surface area contributed by atoms with Crippen molar-refractivity contribution >= 4 is 27.5 Å². The summed E-state index contributed by atoms with van der Waals surface area (Å²) in [5.74, 6) is -0.111. The Kier molecular flexibility index (Phi) is 5.54. The zero-order valence-electron chi connectivity index (χ0n) is 17.2. The maximum absolute atomic E-state index is 13.3. The number of aromatic nitrogens is 2. The number of hydrogen-bond acceptors (Lipinski definition) is 4. The number of fused-ring (bicyclic) bond motifs is 1. The molecule has 0 unspecified atom stereocenters. The monoisotopic (exact) mass is 409 g/mol. The molecule has 1 aliphatic carbocycles. The van der Waals surface area contributed by atoms with Crippen LogP contribution >= 0.6 is 11.3 Å². The number of amides is 1. The van der Waals surface area contributed by atoms with E-state index in [2.05, 4.69) is 42.3 Å². The van der Waals surface area contributed by atoms with E-state index < -0.39 is 0 Å². The number of aryl methyl sites for hydroxylation is 3. The summed E-state index contributed by atoms with van der Waals surface area (Å²) in [6.45, 7) is 6.20. The van der Waals surface area contributed by atoms with E-state index in [1.807, 2.05) is 6.92 Å². The van der Waals surface area contributed by atoms with Gasteiger partial charge >= 0.3 is 0 Å². The van der Waals surface area contributed by atoms with E-state index in [1.165, 1.54) is 39.8 Å². The molecule has 0 atom stereocenters. The lowest BCUT2D eigenvalue weighted by atomic mass is 9.95. The number of rotatable bonds is 4. The lowest BCUT2D eigenvalue weighted by molar-refractivity contribution is -0.122. The number of carbonyl (C=O) groups is 1. The van der Waals surface area contributed by atoms with Crippen LogP contribution in [-0.4, -0.2) is 21.5 Å². The third-order valence-corrected chi connectivity index (χ3v) is 6.95. The predicted molar refractivity (Wildman–Crippen MR) is 119 cm³/mol. The Hall–Kier alpha value is -2.47. The number of nitrogens with one attached hydrogen (secondary N) is 1. The highest BCUT2D eigenvalue weighted by atomic mass is 32.1. The van der Waals surface area contributed by atoms with E-state index in [4.69, 9.17) is 0 Å². The van der Waals surface area contributed by atoms with Crippen molar-refractivity contribution in [1.29, 1.82) is 0 Å². The number of carbonyl (C=O) groups excluding carboxylic acids is 1. The molecule has 29 heavy (non-hydrogen) atoms. The fourth-order valence-corrected chi connectivity index (χ4v) is 5.17. The molecule has 2 heterocycles. The van der Waals surface area contributed by atoms with E-state index in [-0.39, 0.29) is 24.1 Å². The Morgan fingerprint density at radius 3 is 2.66 bits per heavy atom. The van der Waals surface area contributed by atoms with Crippen molar-refractivity contribution in [1.82, 2.24) is 14.9 Å². The first-order valence-corrected chi connectivity index (χ1v) is 11.1. The van der Waals surface area contributed by atoms with Crippen molar-refractivity contribution in [3.63, 3.8) is 0 Å². The van der Waals surface area contributed by atoms with Gasteiger partial charge in [-0.3, -0.25) is 14.2 Å². The molecular formula is C23H27N3O2S. The predicted octanol–water partition coefficient (Wildman–Crippen LogP) is 4.50. The van der Waals surface area contributed by atoms with Gasteiger partial charge in [0.15, 0.2) is 0 Å². The molecule has 0 bridgehead atoms. The molecular weight excluding hydrogens is 382 g/mol. The molecule has 4 rings (SSSR count). The standard InChI is InChI=1S/C23H27N3O2S/c1-14-9-10-17(11-15(14)2)20-16(3)29-22-21(20)23(28)26(13-24-22)12-19(27)25-18-7-5-4-6-8-18/h9-11,13,18H,4-8,12H2,1-3H3,(H,25,27). The SMILES string of the molecule is Cc1ccc(-c2c(C)sc3ncn(CC(=O)NC4CCCCC4)c(=O)c23)cc1C. The summed E-state index contributed by atoms with van der Waals surface area (Å²) in [5, 5.41) is 3.70. The Bertz CT molecular complexity index is 1120. The first kappa shape index (κ1) is 19.8. The molecule has 6 heteroatoms. The molecule has 152 valence electrons. The van der Waals surface area contributed by atoms with Crippen molar-refractivity contribution in [2.24, 2.45) is 0 Å². The lowest BCUT2D eigenvalue weighted by Crippen LogP contribution is -2.39. The molecule has 0 saturated heterocycles. The van der Waals surface area contributed by atoms with E-state index in [0.717, 1.165) is 46.5 Å². The summed E-state index contributed by atoms with van der Waals surface area (Å²) >= 11 is 1.53. The molecule has 2 aromatic heterocycles. The minimum atomic E-state index is -0.147. The molecule has 1 N–H and O–H groups in total. The average Bonchev–Trinajstić information content (AvgIpc) is 3.04. The molecule has 5 nitrogen and oxygen atoms in total. The van der Waals surface area contributed by atoms with Gasteiger partial charge in [0, 0.05) is 16.5 Å². The van der Waals surface area contributed by atoms with Crippen LogP contribution in [0.1, 0.15) is 48.1 Å². The normalized spacial score (nSPS) is 15.0. The van der Waals surface area contributed by atoms with Gasteiger partial charge in [0.25, 0.3) is 5.56 Å². The van der Waals surface area contributed by atoms with Gasteiger partial charge < -0.3 is 5.32 Å². The van der Waals surface area contributed by atoms with Gasteiger partial charge in [-0.1, -0.05) is 37.5 Å². The topological polar surface area (TPSA) is 64.0 Å². The molecule has 1 aromatic carbocycles. The fourth-order valence-electron chi connectivity index (χ4n) is 4.17. The highest BCUT2D eigenvalue weighted by molar-refractivity contribution is 7.19. The van der Waals surface area contributed by atoms with Crippen LogP contribution in [0.4, 0.5) is 0 Å². The Morgan fingerprint density at radius 1 is 1.17 bits per heavy atom. The number of thiophene rings is 1. The van der Waals surface area contributed by atoms with Crippen LogP contribution in [0.3, 0.4) is 0 Å². The average molecular weight is 410 g/mol. The van der Waals surface area contributed by atoms with Crippen LogP contribution in [-0.2, 0) is 11.3 Å². The molecule has 1 amide bonds. The van der Waals surface area contributed by atoms with Gasteiger partial charge in [-0.2, -0.15) is 0 Å². The van der Waals surface area contributed by atoms with Crippen LogP contribution in [0.2, 0.25) is 0 Å². The van der Waals surface area contributed by atoms with Gasteiger partial charge in [0.1, 0.15) is 11.4 Å². The molecule has 0 aliphatic heterocycles. The van der Waals surface area contributed by atoms with Gasteiger partial charge in [0.05, 0.1) is 11.7 Å². The highest BCUT2D eigenvalue weighted by Crippen LogP contribution is 2.36. The van der Waals surface area contributed by atoms with Crippen molar-refractivity contribution < 1.29 is 4.79 Å². The van der Waals surface area contributed by atoms with Crippen LogP contribution in [0.25, 0.3) is 21.3 Å². The van der Waals surface area contributed by atoms with E-state index >= 15 is 0 Å². The van der Waals surface area contributed by atoms with Crippen molar-refractivity contribution in [2.75, 3.05) is 0 Å². The van der Waals surface area contributed by atoms with Gasteiger partial charge in [-0.25, -0.2) is 4.98 Å². The highest BCUT2D eigenvalue weighted by Gasteiger charge is 2.20. The minimum absolute atomic E-state index is 0.0134. The molecule has 3 aromatic rings. The first-order valence-electron chi connectivity index (χ1n) is 10.3. The summed E-state index contributed by atoms with van der Waals surface area (Å²) in [6, 6.07) is 6.50. The van der Waals surface area contributed by atoms with Gasteiger partial charge in [-0.05, 0) is 50.3 Å². The van der Waals surface area contributed by atoms with Crippen LogP contribution in [0.5, 0.6) is 0 Å².